The van der Waals surface area contributed by atoms with E-state index < -0.39 is 14.9 Å². The van der Waals surface area contributed by atoms with Crippen molar-refractivity contribution in [2.45, 2.75) is 10.8 Å². The quantitative estimate of drug-likeness (QED) is 0.297. The van der Waals surface area contributed by atoms with Gasteiger partial charge in [-0.3, -0.25) is 14.8 Å². The van der Waals surface area contributed by atoms with E-state index in [1.165, 1.54) is 50.6 Å². The Balaban J connectivity index is 1.96. The van der Waals surface area contributed by atoms with E-state index in [0.29, 0.717) is 21.9 Å². The van der Waals surface area contributed by atoms with Crippen molar-refractivity contribution in [1.82, 2.24) is 4.98 Å². The summed E-state index contributed by atoms with van der Waals surface area (Å²) in [5, 5.41) is 11.1. The number of aromatic nitrogens is 1. The zero-order valence-corrected chi connectivity index (χ0v) is 18.2. The van der Waals surface area contributed by atoms with E-state index in [1.54, 1.807) is 6.07 Å². The van der Waals surface area contributed by atoms with Gasteiger partial charge in [-0.25, -0.2) is 13.4 Å². The molecule has 9 nitrogen and oxygen atoms in total. The van der Waals surface area contributed by atoms with Gasteiger partial charge in [0, 0.05) is 28.6 Å². The van der Waals surface area contributed by atoms with E-state index in [9.17, 15) is 18.5 Å². The van der Waals surface area contributed by atoms with Crippen molar-refractivity contribution in [1.29, 1.82) is 0 Å². The first-order valence-corrected chi connectivity index (χ1v) is 11.2. The summed E-state index contributed by atoms with van der Waals surface area (Å²) >= 11 is 7.04. The Bertz CT molecular complexity index is 1200. The van der Waals surface area contributed by atoms with Gasteiger partial charge in [0.2, 0.25) is 0 Å². The third-order valence-electron chi connectivity index (χ3n) is 4.04. The fraction of sp³-hybridized carbons (Fsp3) is 0.167. The molecule has 0 atom stereocenters. The average Bonchev–Trinajstić information content (AvgIpc) is 3.15. The van der Waals surface area contributed by atoms with Crippen molar-refractivity contribution in [2.24, 2.45) is 0 Å². The molecule has 0 aliphatic rings. The summed E-state index contributed by atoms with van der Waals surface area (Å²) in [4.78, 5) is 15.4. The van der Waals surface area contributed by atoms with Crippen molar-refractivity contribution in [3.8, 4) is 22.8 Å². The third kappa shape index (κ3) is 4.48. The number of nitro benzene ring substituents is 1. The van der Waals surface area contributed by atoms with E-state index in [2.05, 4.69) is 9.71 Å². The molecule has 0 spiro atoms. The Morgan fingerprint density at radius 2 is 1.90 bits per heavy atom. The van der Waals surface area contributed by atoms with E-state index in [1.807, 2.05) is 0 Å². The number of hydrogen-bond donors (Lipinski definition) is 1. The molecular formula is C18H16ClN3O6S2. The number of rotatable bonds is 8. The predicted molar refractivity (Wildman–Crippen MR) is 114 cm³/mol. The lowest BCUT2D eigenvalue weighted by atomic mass is 10.1. The van der Waals surface area contributed by atoms with Gasteiger partial charge in [-0.05, 0) is 12.1 Å². The molecule has 1 heterocycles. The van der Waals surface area contributed by atoms with Gasteiger partial charge >= 0.3 is 0 Å². The Morgan fingerprint density at radius 3 is 2.53 bits per heavy atom. The van der Waals surface area contributed by atoms with E-state index in [0.717, 1.165) is 11.3 Å². The van der Waals surface area contributed by atoms with Crippen LogP contribution in [0.3, 0.4) is 0 Å². The molecule has 158 valence electrons. The number of nitrogens with one attached hydrogen (secondary N) is 1. The van der Waals surface area contributed by atoms with Crippen LogP contribution in [0.15, 0.2) is 47.4 Å². The number of anilines is 1. The minimum atomic E-state index is -3.98. The molecule has 12 heteroatoms. The number of thiazole rings is 1. The number of non-ortho nitro benzene ring substituents is 1. The molecule has 2 aromatic carbocycles. The van der Waals surface area contributed by atoms with Crippen molar-refractivity contribution >= 4 is 43.8 Å². The summed E-state index contributed by atoms with van der Waals surface area (Å²) in [7, 11) is -1.12. The molecule has 30 heavy (non-hydrogen) atoms. The van der Waals surface area contributed by atoms with Gasteiger partial charge in [-0.1, -0.05) is 23.5 Å². The third-order valence-corrected chi connectivity index (χ3v) is 6.90. The fourth-order valence-corrected chi connectivity index (χ4v) is 5.01. The number of halogens is 1. The Hall–Kier alpha value is -2.89. The smallest absolute Gasteiger partial charge is 0.270 e. The molecule has 0 amide bonds. The minimum absolute atomic E-state index is 0.0420. The van der Waals surface area contributed by atoms with Crippen molar-refractivity contribution < 1.29 is 22.8 Å². The lowest BCUT2D eigenvalue weighted by molar-refractivity contribution is -0.384. The molecule has 0 saturated carbocycles. The van der Waals surface area contributed by atoms with Crippen LogP contribution in [0.2, 0.25) is 0 Å². The van der Waals surface area contributed by atoms with Crippen LogP contribution < -0.4 is 14.2 Å². The van der Waals surface area contributed by atoms with Gasteiger partial charge in [0.15, 0.2) is 16.6 Å². The molecule has 1 aromatic heterocycles. The van der Waals surface area contributed by atoms with Crippen LogP contribution in [0, 0.1) is 10.1 Å². The first kappa shape index (κ1) is 21.8. The summed E-state index contributed by atoms with van der Waals surface area (Å²) < 4.78 is 38.3. The summed E-state index contributed by atoms with van der Waals surface area (Å²) in [5.41, 5.74) is 0.741. The van der Waals surface area contributed by atoms with Crippen molar-refractivity contribution in [3.63, 3.8) is 0 Å². The lowest BCUT2D eigenvalue weighted by Gasteiger charge is -2.10. The van der Waals surface area contributed by atoms with Gasteiger partial charge in [0.25, 0.3) is 15.7 Å². The molecule has 0 unspecified atom stereocenters. The minimum Gasteiger partial charge on any atom is -0.493 e. The molecular weight excluding hydrogens is 454 g/mol. The van der Waals surface area contributed by atoms with Crippen LogP contribution in [0.25, 0.3) is 11.3 Å². The monoisotopic (exact) mass is 469 g/mol. The molecule has 1 N–H and O–H groups in total. The standard InChI is InChI=1S/C18H16ClN3O6S2/c1-27-14-7-6-13(9-15(14)28-2)30(25,26)21-18-20-17(16(10-19)29-18)11-4-3-5-12(8-11)22(23)24/h3-9H,10H2,1-2H3,(H,20,21). The number of nitrogens with zero attached hydrogens (tertiary/aromatic N) is 2. The number of nitro groups is 1. The molecule has 0 fully saturated rings. The molecule has 3 rings (SSSR count). The van der Waals surface area contributed by atoms with Gasteiger partial charge in [0.05, 0.1) is 35.6 Å². The maximum Gasteiger partial charge on any atom is 0.270 e. The Kier molecular flexibility index (Phi) is 6.44. The molecule has 0 saturated heterocycles. The van der Waals surface area contributed by atoms with Crippen LogP contribution in [0.4, 0.5) is 10.8 Å². The summed E-state index contributed by atoms with van der Waals surface area (Å²) in [5.74, 6) is 0.717. The highest BCUT2D eigenvalue weighted by molar-refractivity contribution is 7.93. The highest BCUT2D eigenvalue weighted by atomic mass is 35.5. The van der Waals surface area contributed by atoms with Crippen molar-refractivity contribution in [3.05, 3.63) is 57.5 Å². The Labute approximate surface area is 181 Å². The second kappa shape index (κ2) is 8.86. The van der Waals surface area contributed by atoms with Crippen LogP contribution in [0.5, 0.6) is 11.5 Å². The second-order valence-corrected chi connectivity index (χ2v) is 8.89. The highest BCUT2D eigenvalue weighted by Gasteiger charge is 2.21. The van der Waals surface area contributed by atoms with E-state index >= 15 is 0 Å². The maximum atomic E-state index is 12.8. The molecule has 0 radical (unpaired) electrons. The van der Waals surface area contributed by atoms with Crippen molar-refractivity contribution in [2.75, 3.05) is 18.9 Å². The SMILES string of the molecule is COc1ccc(S(=O)(=O)Nc2nc(-c3cccc([N+](=O)[O-])c3)c(CCl)s2)cc1OC. The zero-order chi connectivity index (χ0) is 21.9. The maximum absolute atomic E-state index is 12.8. The van der Waals surface area contributed by atoms with Crippen LogP contribution in [-0.4, -0.2) is 32.5 Å². The average molecular weight is 470 g/mol. The molecule has 0 aliphatic heterocycles. The fourth-order valence-electron chi connectivity index (χ4n) is 2.64. The number of benzene rings is 2. The first-order chi connectivity index (χ1) is 14.3. The van der Waals surface area contributed by atoms with Crippen LogP contribution >= 0.6 is 22.9 Å². The summed E-state index contributed by atoms with van der Waals surface area (Å²) in [6.07, 6.45) is 0. The largest absolute Gasteiger partial charge is 0.493 e. The molecule has 0 bridgehead atoms. The number of hydrogen-bond acceptors (Lipinski definition) is 8. The summed E-state index contributed by atoms with van der Waals surface area (Å²) in [6.45, 7) is 0. The van der Waals surface area contributed by atoms with E-state index in [4.69, 9.17) is 21.1 Å². The zero-order valence-electron chi connectivity index (χ0n) is 15.8. The van der Waals surface area contributed by atoms with Gasteiger partial charge in [-0.15, -0.1) is 11.6 Å². The second-order valence-electron chi connectivity index (χ2n) is 5.85. The molecule has 3 aromatic rings. The number of alkyl halides is 1. The van der Waals surface area contributed by atoms with E-state index in [-0.39, 0.29) is 27.3 Å². The lowest BCUT2D eigenvalue weighted by Crippen LogP contribution is -2.13. The first-order valence-electron chi connectivity index (χ1n) is 8.34. The number of methoxy groups -OCH3 is 2. The Morgan fingerprint density at radius 1 is 1.17 bits per heavy atom. The number of ether oxygens (including phenoxy) is 2. The van der Waals surface area contributed by atoms with Gasteiger partial charge in [-0.2, -0.15) is 0 Å². The molecule has 0 aliphatic carbocycles. The van der Waals surface area contributed by atoms with Gasteiger partial charge in [0.1, 0.15) is 0 Å². The normalized spacial score (nSPS) is 11.2. The topological polar surface area (TPSA) is 121 Å². The van der Waals surface area contributed by atoms with Crippen LogP contribution in [0.1, 0.15) is 4.88 Å². The highest BCUT2D eigenvalue weighted by Crippen LogP contribution is 2.35. The summed E-state index contributed by atoms with van der Waals surface area (Å²) in [6, 6.07) is 10.1. The predicted octanol–water partition coefficient (Wildman–Crippen LogP) is 4.28. The van der Waals surface area contributed by atoms with Gasteiger partial charge < -0.3 is 9.47 Å². The van der Waals surface area contributed by atoms with Crippen LogP contribution in [-0.2, 0) is 15.9 Å². The number of sulfonamides is 1.